The number of ether oxygens (including phenoxy) is 1. The summed E-state index contributed by atoms with van der Waals surface area (Å²) in [5.41, 5.74) is 5.92. The van der Waals surface area contributed by atoms with Crippen molar-refractivity contribution in [2.24, 2.45) is 5.73 Å². The van der Waals surface area contributed by atoms with Crippen LogP contribution in [0, 0.1) is 0 Å². The highest BCUT2D eigenvalue weighted by atomic mass is 32.1. The molecular formula is C12H17N3O2S. The van der Waals surface area contributed by atoms with Crippen LogP contribution in [0.15, 0.2) is 18.3 Å². The van der Waals surface area contributed by atoms with Gasteiger partial charge in [-0.25, -0.2) is 4.98 Å². The molecule has 0 spiro atoms. The molecule has 0 aliphatic heterocycles. The number of thiocarbonyl (C=S) groups is 1. The first kappa shape index (κ1) is 14.4. The fraction of sp³-hybridized carbons (Fsp3) is 0.417. The molecule has 18 heavy (non-hydrogen) atoms. The first-order chi connectivity index (χ1) is 8.47. The van der Waals surface area contributed by atoms with Gasteiger partial charge in [0.2, 0.25) is 5.88 Å². The Hall–Kier alpha value is -1.69. The van der Waals surface area contributed by atoms with Gasteiger partial charge in [0.15, 0.2) is 0 Å². The van der Waals surface area contributed by atoms with Gasteiger partial charge in [-0.1, -0.05) is 12.2 Å². The molecule has 1 aromatic heterocycles. The van der Waals surface area contributed by atoms with Crippen LogP contribution >= 0.6 is 12.2 Å². The minimum atomic E-state index is -0.192. The van der Waals surface area contributed by atoms with Crippen molar-refractivity contribution in [2.45, 2.75) is 19.9 Å². The zero-order chi connectivity index (χ0) is 13.7. The molecule has 0 aromatic carbocycles. The number of pyridine rings is 1. The standard InChI is InChI=1S/C12H17N3O2S/c1-8(2)15(7-10(13)18)12(16)9-5-4-6-14-11(9)17-3/h4-6,8H,7H2,1-3H3,(H2,13,18). The zero-order valence-electron chi connectivity index (χ0n) is 10.7. The summed E-state index contributed by atoms with van der Waals surface area (Å²) in [7, 11) is 1.48. The van der Waals surface area contributed by atoms with Crippen LogP contribution in [0.5, 0.6) is 5.88 Å². The summed E-state index contributed by atoms with van der Waals surface area (Å²) in [5, 5.41) is 0. The van der Waals surface area contributed by atoms with Crippen molar-refractivity contribution in [1.82, 2.24) is 9.88 Å². The lowest BCUT2D eigenvalue weighted by molar-refractivity contribution is 0.0732. The van der Waals surface area contributed by atoms with Gasteiger partial charge in [-0.15, -0.1) is 0 Å². The van der Waals surface area contributed by atoms with E-state index in [4.69, 9.17) is 22.7 Å². The van der Waals surface area contributed by atoms with Gasteiger partial charge in [-0.3, -0.25) is 4.79 Å². The second-order valence-corrected chi connectivity index (χ2v) is 4.58. The summed E-state index contributed by atoms with van der Waals surface area (Å²) in [4.78, 5) is 18.3. The molecule has 1 heterocycles. The molecule has 0 aliphatic carbocycles. The van der Waals surface area contributed by atoms with Crippen molar-refractivity contribution < 1.29 is 9.53 Å². The van der Waals surface area contributed by atoms with Crippen molar-refractivity contribution >= 4 is 23.1 Å². The normalized spacial score (nSPS) is 10.2. The fourth-order valence-electron chi connectivity index (χ4n) is 1.53. The Balaban J connectivity index is 3.05. The van der Waals surface area contributed by atoms with E-state index in [2.05, 4.69) is 4.98 Å². The monoisotopic (exact) mass is 267 g/mol. The van der Waals surface area contributed by atoms with Gasteiger partial charge in [0.25, 0.3) is 5.91 Å². The molecule has 2 N–H and O–H groups in total. The summed E-state index contributed by atoms with van der Waals surface area (Å²) in [6.07, 6.45) is 1.57. The van der Waals surface area contributed by atoms with Crippen LogP contribution in [0.4, 0.5) is 0 Å². The first-order valence-corrected chi connectivity index (χ1v) is 5.96. The van der Waals surface area contributed by atoms with Crippen molar-refractivity contribution in [1.29, 1.82) is 0 Å². The first-order valence-electron chi connectivity index (χ1n) is 5.55. The maximum absolute atomic E-state index is 12.4. The van der Waals surface area contributed by atoms with Gasteiger partial charge < -0.3 is 15.4 Å². The van der Waals surface area contributed by atoms with E-state index in [1.54, 1.807) is 23.2 Å². The molecule has 5 nitrogen and oxygen atoms in total. The van der Waals surface area contributed by atoms with Crippen molar-refractivity contribution in [2.75, 3.05) is 13.7 Å². The summed E-state index contributed by atoms with van der Waals surface area (Å²) in [5.74, 6) is 0.110. The number of carbonyl (C=O) groups is 1. The van der Waals surface area contributed by atoms with E-state index in [1.807, 2.05) is 13.8 Å². The molecule has 0 saturated heterocycles. The summed E-state index contributed by atoms with van der Waals surface area (Å²) < 4.78 is 5.08. The SMILES string of the molecule is COc1ncccc1C(=O)N(CC(N)=S)C(C)C. The molecule has 0 unspecified atom stereocenters. The number of carbonyl (C=O) groups excluding carboxylic acids is 1. The highest BCUT2D eigenvalue weighted by molar-refractivity contribution is 7.80. The van der Waals surface area contributed by atoms with E-state index in [0.29, 0.717) is 11.4 Å². The van der Waals surface area contributed by atoms with Crippen molar-refractivity contribution in [3.05, 3.63) is 23.9 Å². The van der Waals surface area contributed by atoms with Crippen LogP contribution in [0.3, 0.4) is 0 Å². The van der Waals surface area contributed by atoms with E-state index in [1.165, 1.54) is 7.11 Å². The van der Waals surface area contributed by atoms with Crippen LogP contribution in [-0.2, 0) is 0 Å². The van der Waals surface area contributed by atoms with Gasteiger partial charge in [0, 0.05) is 12.2 Å². The van der Waals surface area contributed by atoms with Crippen LogP contribution in [0.2, 0.25) is 0 Å². The number of methoxy groups -OCH3 is 1. The van der Waals surface area contributed by atoms with Crippen LogP contribution in [0.1, 0.15) is 24.2 Å². The highest BCUT2D eigenvalue weighted by Gasteiger charge is 2.22. The van der Waals surface area contributed by atoms with E-state index >= 15 is 0 Å². The lowest BCUT2D eigenvalue weighted by Crippen LogP contribution is -2.42. The highest BCUT2D eigenvalue weighted by Crippen LogP contribution is 2.17. The molecule has 6 heteroatoms. The summed E-state index contributed by atoms with van der Waals surface area (Å²) in [6, 6.07) is 3.35. The molecule has 1 amide bonds. The van der Waals surface area contributed by atoms with Crippen LogP contribution in [-0.4, -0.2) is 40.5 Å². The number of hydrogen-bond donors (Lipinski definition) is 1. The summed E-state index contributed by atoms with van der Waals surface area (Å²) >= 11 is 4.86. The Labute approximate surface area is 112 Å². The molecular weight excluding hydrogens is 250 g/mol. The number of nitrogens with two attached hydrogens (primary N) is 1. The largest absolute Gasteiger partial charge is 0.480 e. The average Bonchev–Trinajstić information content (AvgIpc) is 2.34. The second kappa shape index (κ2) is 6.30. The Morgan fingerprint density at radius 3 is 2.78 bits per heavy atom. The smallest absolute Gasteiger partial charge is 0.259 e. The van der Waals surface area contributed by atoms with E-state index in [-0.39, 0.29) is 23.5 Å². The number of amides is 1. The molecule has 0 saturated carbocycles. The molecule has 98 valence electrons. The maximum Gasteiger partial charge on any atom is 0.259 e. The number of rotatable bonds is 5. The van der Waals surface area contributed by atoms with Gasteiger partial charge in [0.05, 0.1) is 18.6 Å². The van der Waals surface area contributed by atoms with E-state index in [0.717, 1.165) is 0 Å². The summed E-state index contributed by atoms with van der Waals surface area (Å²) in [6.45, 7) is 4.04. The van der Waals surface area contributed by atoms with E-state index < -0.39 is 0 Å². The van der Waals surface area contributed by atoms with E-state index in [9.17, 15) is 4.79 Å². The Bertz CT molecular complexity index is 449. The number of hydrogen-bond acceptors (Lipinski definition) is 4. The molecule has 0 atom stereocenters. The molecule has 0 aliphatic rings. The van der Waals surface area contributed by atoms with Crippen LogP contribution < -0.4 is 10.5 Å². The zero-order valence-corrected chi connectivity index (χ0v) is 11.5. The van der Waals surface area contributed by atoms with Gasteiger partial charge in [-0.2, -0.15) is 0 Å². The van der Waals surface area contributed by atoms with Crippen molar-refractivity contribution in [3.63, 3.8) is 0 Å². The van der Waals surface area contributed by atoms with Crippen molar-refractivity contribution in [3.8, 4) is 5.88 Å². The number of nitrogens with zero attached hydrogens (tertiary/aromatic N) is 2. The third kappa shape index (κ3) is 3.40. The van der Waals surface area contributed by atoms with Gasteiger partial charge in [0.1, 0.15) is 5.56 Å². The third-order valence-corrected chi connectivity index (χ3v) is 2.53. The van der Waals surface area contributed by atoms with Gasteiger partial charge >= 0.3 is 0 Å². The van der Waals surface area contributed by atoms with Gasteiger partial charge in [-0.05, 0) is 26.0 Å². The molecule has 0 bridgehead atoms. The predicted molar refractivity (Wildman–Crippen MR) is 73.7 cm³/mol. The number of aromatic nitrogens is 1. The molecule has 0 fully saturated rings. The minimum absolute atomic E-state index is 0.0103. The molecule has 1 aromatic rings. The molecule has 1 rings (SSSR count). The Morgan fingerprint density at radius 1 is 1.61 bits per heavy atom. The Kier molecular flexibility index (Phi) is 5.03. The minimum Gasteiger partial charge on any atom is -0.480 e. The average molecular weight is 267 g/mol. The quantitative estimate of drug-likeness (QED) is 0.813. The molecule has 0 radical (unpaired) electrons. The van der Waals surface area contributed by atoms with Crippen LogP contribution in [0.25, 0.3) is 0 Å². The maximum atomic E-state index is 12.4. The third-order valence-electron chi connectivity index (χ3n) is 2.41. The Morgan fingerprint density at radius 2 is 2.28 bits per heavy atom. The lowest BCUT2D eigenvalue weighted by atomic mass is 10.2. The predicted octanol–water partition coefficient (Wildman–Crippen LogP) is 1.23. The topological polar surface area (TPSA) is 68.5 Å². The lowest BCUT2D eigenvalue weighted by Gasteiger charge is -2.26. The fourth-order valence-corrected chi connectivity index (χ4v) is 1.67. The second-order valence-electron chi connectivity index (χ2n) is 4.05.